The van der Waals surface area contributed by atoms with E-state index < -0.39 is 23.7 Å². The first-order valence-electron chi connectivity index (χ1n) is 4.37. The molecule has 0 bridgehead atoms. The third-order valence-electron chi connectivity index (χ3n) is 2.09. The number of hydrogen-bond donors (Lipinski definition) is 0. The summed E-state index contributed by atoms with van der Waals surface area (Å²) in [6.45, 7) is 1.32. The molecule has 0 radical (unpaired) electrons. The normalized spacial score (nSPS) is 14.0. The van der Waals surface area contributed by atoms with Crippen molar-refractivity contribution in [2.75, 3.05) is 0 Å². The number of hydrogen-bond acceptors (Lipinski definition) is 0. The predicted octanol–water partition coefficient (Wildman–Crippen LogP) is 4.02. The van der Waals surface area contributed by atoms with E-state index in [1.54, 1.807) is 0 Å². The Kier molecular flexibility index (Phi) is 3.31. The maximum atomic E-state index is 12.7. The van der Waals surface area contributed by atoms with Crippen molar-refractivity contribution in [3.8, 4) is 0 Å². The van der Waals surface area contributed by atoms with Crippen molar-refractivity contribution >= 4 is 0 Å². The molecule has 0 amide bonds. The Bertz CT molecular complexity index is 322. The first-order chi connectivity index (χ1) is 6.84. The number of benzene rings is 1. The summed E-state index contributed by atoms with van der Waals surface area (Å²) in [7, 11) is 0. The third-order valence-corrected chi connectivity index (χ3v) is 2.09. The Morgan fingerprint density at radius 3 is 1.87 bits per heavy atom. The molecule has 0 nitrogen and oxygen atoms in total. The lowest BCUT2D eigenvalue weighted by atomic mass is 9.96. The van der Waals surface area contributed by atoms with Gasteiger partial charge in [-0.3, -0.25) is 0 Å². The van der Waals surface area contributed by atoms with E-state index in [-0.39, 0.29) is 12.0 Å². The molecule has 0 aliphatic rings. The Balaban J connectivity index is 3.13. The van der Waals surface area contributed by atoms with Crippen molar-refractivity contribution in [2.45, 2.75) is 25.4 Å². The Hall–Kier alpha value is -1.13. The highest BCUT2D eigenvalue weighted by molar-refractivity contribution is 5.23. The van der Waals surface area contributed by atoms with Crippen LogP contribution >= 0.6 is 0 Å². The second kappa shape index (κ2) is 4.16. The zero-order valence-corrected chi connectivity index (χ0v) is 7.91. The third kappa shape index (κ3) is 2.91. The Labute approximate surface area is 83.7 Å². The molecule has 0 saturated carbocycles. The van der Waals surface area contributed by atoms with Crippen molar-refractivity contribution < 1.29 is 22.0 Å². The van der Waals surface area contributed by atoms with Crippen LogP contribution in [0.15, 0.2) is 18.2 Å². The van der Waals surface area contributed by atoms with Gasteiger partial charge < -0.3 is 0 Å². The van der Waals surface area contributed by atoms with Crippen LogP contribution in [0, 0.1) is 11.6 Å². The molecule has 84 valence electrons. The molecule has 1 unspecified atom stereocenters. The molecular weight excluding hydrogens is 215 g/mol. The first-order valence-corrected chi connectivity index (χ1v) is 4.37. The second-order valence-corrected chi connectivity index (χ2v) is 3.21. The molecule has 0 saturated heterocycles. The molecule has 1 aromatic carbocycles. The lowest BCUT2D eigenvalue weighted by Crippen LogP contribution is -2.20. The number of rotatable bonds is 2. The smallest absolute Gasteiger partial charge is 0.207 e. The summed E-state index contributed by atoms with van der Waals surface area (Å²) < 4.78 is 62.7. The molecule has 0 aliphatic heterocycles. The average molecular weight is 224 g/mol. The van der Waals surface area contributed by atoms with Gasteiger partial charge in [0.05, 0.1) is 5.92 Å². The van der Waals surface area contributed by atoms with Crippen molar-refractivity contribution in [2.24, 2.45) is 0 Å². The van der Waals surface area contributed by atoms with Crippen LogP contribution in [0.1, 0.15) is 24.8 Å². The van der Waals surface area contributed by atoms with Gasteiger partial charge >= 0.3 is 6.18 Å². The van der Waals surface area contributed by atoms with Gasteiger partial charge in [-0.05, 0) is 24.1 Å². The first kappa shape index (κ1) is 11.9. The zero-order valence-electron chi connectivity index (χ0n) is 7.91. The molecule has 0 aliphatic carbocycles. The fraction of sp³-hybridized carbons (Fsp3) is 0.400. The van der Waals surface area contributed by atoms with E-state index in [1.807, 2.05) is 0 Å². The van der Waals surface area contributed by atoms with Gasteiger partial charge in [0.25, 0.3) is 0 Å². The van der Waals surface area contributed by atoms with E-state index in [1.165, 1.54) is 6.92 Å². The van der Waals surface area contributed by atoms with E-state index in [2.05, 4.69) is 0 Å². The van der Waals surface area contributed by atoms with Gasteiger partial charge in [0, 0.05) is 6.07 Å². The minimum atomic E-state index is -4.48. The highest BCUT2D eigenvalue weighted by Gasteiger charge is 2.39. The van der Waals surface area contributed by atoms with Gasteiger partial charge in [-0.25, -0.2) is 8.78 Å². The summed E-state index contributed by atoms with van der Waals surface area (Å²) >= 11 is 0. The molecule has 0 aromatic heterocycles. The largest absolute Gasteiger partial charge is 0.395 e. The van der Waals surface area contributed by atoms with Crippen molar-refractivity contribution in [3.63, 3.8) is 0 Å². The molecule has 1 aromatic rings. The van der Waals surface area contributed by atoms with Crippen molar-refractivity contribution in [3.05, 3.63) is 35.4 Å². The van der Waals surface area contributed by atoms with Gasteiger partial charge in [-0.1, -0.05) is 6.92 Å². The van der Waals surface area contributed by atoms with Gasteiger partial charge in [0.1, 0.15) is 11.6 Å². The SMILES string of the molecule is CCC(c1cc(F)cc(F)c1)C(F)(F)F. The summed E-state index contributed by atoms with van der Waals surface area (Å²) in [5, 5.41) is 0. The minimum absolute atomic E-state index is 0.244. The molecule has 0 spiro atoms. The topological polar surface area (TPSA) is 0 Å². The molecule has 0 fully saturated rings. The minimum Gasteiger partial charge on any atom is -0.207 e. The van der Waals surface area contributed by atoms with Gasteiger partial charge in [-0.2, -0.15) is 13.2 Å². The molecule has 1 atom stereocenters. The lowest BCUT2D eigenvalue weighted by molar-refractivity contribution is -0.151. The van der Waals surface area contributed by atoms with Crippen LogP contribution < -0.4 is 0 Å². The van der Waals surface area contributed by atoms with Crippen LogP contribution in [-0.4, -0.2) is 6.18 Å². The van der Waals surface area contributed by atoms with E-state index in [0.717, 1.165) is 0 Å². The monoisotopic (exact) mass is 224 g/mol. The van der Waals surface area contributed by atoms with Crippen molar-refractivity contribution in [1.29, 1.82) is 0 Å². The fourth-order valence-electron chi connectivity index (χ4n) is 1.43. The van der Waals surface area contributed by atoms with E-state index >= 15 is 0 Å². The van der Waals surface area contributed by atoms with Crippen LogP contribution in [0.3, 0.4) is 0 Å². The van der Waals surface area contributed by atoms with Gasteiger partial charge in [0.2, 0.25) is 0 Å². The molecule has 5 heteroatoms. The standard InChI is InChI=1S/C10H9F5/c1-2-9(10(13,14)15)6-3-7(11)5-8(12)4-6/h3-5,9H,2H2,1H3. The fourth-order valence-corrected chi connectivity index (χ4v) is 1.43. The summed E-state index contributed by atoms with van der Waals surface area (Å²) in [5.74, 6) is -3.80. The molecule has 1 rings (SSSR count). The van der Waals surface area contributed by atoms with Crippen LogP contribution in [0.5, 0.6) is 0 Å². The van der Waals surface area contributed by atoms with Gasteiger partial charge in [-0.15, -0.1) is 0 Å². The van der Waals surface area contributed by atoms with Crippen LogP contribution in [0.2, 0.25) is 0 Å². The predicted molar refractivity (Wildman–Crippen MR) is 45.4 cm³/mol. The highest BCUT2D eigenvalue weighted by atomic mass is 19.4. The molecule has 0 heterocycles. The number of halogens is 5. The van der Waals surface area contributed by atoms with E-state index in [0.29, 0.717) is 18.2 Å². The van der Waals surface area contributed by atoms with E-state index in [9.17, 15) is 22.0 Å². The van der Waals surface area contributed by atoms with E-state index in [4.69, 9.17) is 0 Å². The van der Waals surface area contributed by atoms with Crippen LogP contribution in [0.4, 0.5) is 22.0 Å². The average Bonchev–Trinajstić information content (AvgIpc) is 1.99. The summed E-state index contributed by atoms with van der Waals surface area (Å²) in [6.07, 6.45) is -4.72. The molecular formula is C10H9F5. The lowest BCUT2D eigenvalue weighted by Gasteiger charge is -2.18. The Morgan fingerprint density at radius 1 is 1.07 bits per heavy atom. The Morgan fingerprint density at radius 2 is 1.53 bits per heavy atom. The molecule has 15 heavy (non-hydrogen) atoms. The molecule has 0 N–H and O–H groups in total. The maximum Gasteiger partial charge on any atom is 0.395 e. The highest BCUT2D eigenvalue weighted by Crippen LogP contribution is 2.37. The quantitative estimate of drug-likeness (QED) is 0.665. The van der Waals surface area contributed by atoms with Crippen LogP contribution in [0.25, 0.3) is 0 Å². The summed E-state index contributed by atoms with van der Waals surface area (Å²) in [4.78, 5) is 0. The zero-order chi connectivity index (χ0) is 11.6. The second-order valence-electron chi connectivity index (χ2n) is 3.21. The van der Waals surface area contributed by atoms with Crippen molar-refractivity contribution in [1.82, 2.24) is 0 Å². The summed E-state index contributed by atoms with van der Waals surface area (Å²) in [5.41, 5.74) is -0.373. The summed E-state index contributed by atoms with van der Waals surface area (Å²) in [6, 6.07) is 1.97. The van der Waals surface area contributed by atoms with Gasteiger partial charge in [0.15, 0.2) is 0 Å². The van der Waals surface area contributed by atoms with Crippen LogP contribution in [-0.2, 0) is 0 Å². The number of alkyl halides is 3. The maximum absolute atomic E-state index is 12.7.